The Morgan fingerprint density at radius 3 is 2.12 bits per heavy atom. The molecule has 1 aromatic heterocycles. The number of nitrogens with zero attached hydrogens (tertiary/aromatic N) is 6. The third kappa shape index (κ3) is 5.23. The van der Waals surface area contributed by atoms with Crippen molar-refractivity contribution in [3.05, 3.63) is 47.0 Å². The number of anilines is 2. The minimum absolute atomic E-state index is 0.0136. The average Bonchev–Trinajstić information content (AvgIpc) is 3.38. The summed E-state index contributed by atoms with van der Waals surface area (Å²) in [5.74, 6) is 1.78. The molecule has 176 valence electrons. The van der Waals surface area contributed by atoms with Crippen molar-refractivity contribution in [3.8, 4) is 0 Å². The second kappa shape index (κ2) is 10.2. The van der Waals surface area contributed by atoms with E-state index in [1.54, 1.807) is 12.1 Å². The molecule has 1 unspecified atom stereocenters. The molecule has 5 rings (SSSR count). The van der Waals surface area contributed by atoms with Crippen molar-refractivity contribution in [2.24, 2.45) is 0 Å². The van der Waals surface area contributed by atoms with Gasteiger partial charge in [0.2, 0.25) is 0 Å². The van der Waals surface area contributed by atoms with Gasteiger partial charge < -0.3 is 19.4 Å². The second-order valence-corrected chi connectivity index (χ2v) is 9.34. The Balaban J connectivity index is 1.11. The summed E-state index contributed by atoms with van der Waals surface area (Å²) in [4.78, 5) is 21.6. The molecular weight excluding hydrogens is 440 g/mol. The zero-order chi connectivity index (χ0) is 22.6. The molecule has 3 saturated heterocycles. The minimum atomic E-state index is -0.0136. The van der Waals surface area contributed by atoms with E-state index in [0.29, 0.717) is 29.8 Å². The number of hydrogen-bond donors (Lipinski definition) is 0. The van der Waals surface area contributed by atoms with E-state index in [9.17, 15) is 4.79 Å². The van der Waals surface area contributed by atoms with Gasteiger partial charge in [-0.15, -0.1) is 10.2 Å². The topological polar surface area (TPSA) is 65.0 Å². The summed E-state index contributed by atoms with van der Waals surface area (Å²) in [6.07, 6.45) is 2.80. The van der Waals surface area contributed by atoms with Crippen LogP contribution in [0.3, 0.4) is 0 Å². The number of benzene rings is 1. The van der Waals surface area contributed by atoms with Crippen LogP contribution < -0.4 is 9.80 Å². The van der Waals surface area contributed by atoms with E-state index in [2.05, 4.69) is 31.0 Å². The van der Waals surface area contributed by atoms with E-state index >= 15 is 0 Å². The molecule has 0 spiro atoms. The molecule has 33 heavy (non-hydrogen) atoms. The number of hydrogen-bond acceptors (Lipinski definition) is 7. The summed E-state index contributed by atoms with van der Waals surface area (Å²) >= 11 is 6.20. The zero-order valence-electron chi connectivity index (χ0n) is 18.9. The highest BCUT2D eigenvalue weighted by Gasteiger charge is 2.26. The predicted octanol–water partition coefficient (Wildman–Crippen LogP) is 2.39. The lowest BCUT2D eigenvalue weighted by Gasteiger charge is -2.37. The number of rotatable bonds is 5. The Labute approximate surface area is 200 Å². The molecule has 3 aliphatic heterocycles. The fraction of sp³-hybridized carbons (Fsp3) is 0.542. The van der Waals surface area contributed by atoms with Gasteiger partial charge in [-0.2, -0.15) is 0 Å². The third-order valence-corrected chi connectivity index (χ3v) is 7.14. The van der Waals surface area contributed by atoms with Crippen LogP contribution in [-0.2, 0) is 4.74 Å². The van der Waals surface area contributed by atoms with Crippen LogP contribution in [0.4, 0.5) is 11.6 Å². The van der Waals surface area contributed by atoms with Crippen molar-refractivity contribution < 1.29 is 9.53 Å². The SMILES string of the molecule is O=C(c1ccccc1Cl)N1CCN(c2ccc(N3CCN(CC4CCCO4)CC3)nn2)CC1. The van der Waals surface area contributed by atoms with E-state index in [0.717, 1.165) is 64.1 Å². The van der Waals surface area contributed by atoms with Crippen LogP contribution in [0.5, 0.6) is 0 Å². The van der Waals surface area contributed by atoms with E-state index in [1.165, 1.54) is 12.8 Å². The molecule has 9 heteroatoms. The van der Waals surface area contributed by atoms with Gasteiger partial charge in [0.05, 0.1) is 16.7 Å². The molecule has 0 N–H and O–H groups in total. The van der Waals surface area contributed by atoms with Crippen LogP contribution >= 0.6 is 11.6 Å². The molecule has 1 aromatic carbocycles. The molecule has 4 heterocycles. The summed E-state index contributed by atoms with van der Waals surface area (Å²) in [7, 11) is 0. The quantitative estimate of drug-likeness (QED) is 0.664. The maximum Gasteiger partial charge on any atom is 0.255 e. The highest BCUT2D eigenvalue weighted by Crippen LogP contribution is 2.21. The van der Waals surface area contributed by atoms with Gasteiger partial charge in [-0.25, -0.2) is 0 Å². The van der Waals surface area contributed by atoms with Crippen molar-refractivity contribution in [3.63, 3.8) is 0 Å². The number of ether oxygens (including phenoxy) is 1. The Bertz CT molecular complexity index is 936. The highest BCUT2D eigenvalue weighted by molar-refractivity contribution is 6.33. The minimum Gasteiger partial charge on any atom is -0.377 e. The predicted molar refractivity (Wildman–Crippen MR) is 129 cm³/mol. The van der Waals surface area contributed by atoms with E-state index in [-0.39, 0.29) is 5.91 Å². The maximum atomic E-state index is 12.8. The summed E-state index contributed by atoms with van der Waals surface area (Å²) < 4.78 is 5.78. The first-order valence-electron chi connectivity index (χ1n) is 11.9. The molecule has 0 aliphatic carbocycles. The first kappa shape index (κ1) is 22.4. The monoisotopic (exact) mass is 470 g/mol. The third-order valence-electron chi connectivity index (χ3n) is 6.81. The standard InChI is InChI=1S/C24H31ClN6O2/c25-21-6-2-1-5-20(21)24(32)31-15-13-30(14-16-31)23-8-7-22(26-27-23)29-11-9-28(10-12-29)18-19-4-3-17-33-19/h1-2,5-8,19H,3-4,9-18H2. The average molecular weight is 471 g/mol. The molecule has 0 saturated carbocycles. The van der Waals surface area contributed by atoms with Crippen LogP contribution in [0.25, 0.3) is 0 Å². The largest absolute Gasteiger partial charge is 0.377 e. The number of carbonyl (C=O) groups excluding carboxylic acids is 1. The lowest BCUT2D eigenvalue weighted by molar-refractivity contribution is 0.0712. The Kier molecular flexibility index (Phi) is 6.94. The molecule has 0 radical (unpaired) electrons. The van der Waals surface area contributed by atoms with Gasteiger partial charge in [-0.3, -0.25) is 9.69 Å². The number of carbonyl (C=O) groups is 1. The fourth-order valence-electron chi connectivity index (χ4n) is 4.83. The maximum absolute atomic E-state index is 12.8. The number of halogens is 1. The van der Waals surface area contributed by atoms with Crippen LogP contribution in [-0.4, -0.2) is 97.5 Å². The van der Waals surface area contributed by atoms with E-state index in [1.807, 2.05) is 23.1 Å². The second-order valence-electron chi connectivity index (χ2n) is 8.93. The highest BCUT2D eigenvalue weighted by atomic mass is 35.5. The van der Waals surface area contributed by atoms with Crippen molar-refractivity contribution in [1.29, 1.82) is 0 Å². The van der Waals surface area contributed by atoms with Crippen molar-refractivity contribution in [2.75, 3.05) is 75.3 Å². The molecule has 0 bridgehead atoms. The lowest BCUT2D eigenvalue weighted by atomic mass is 10.2. The van der Waals surface area contributed by atoms with Gasteiger partial charge in [0.15, 0.2) is 11.6 Å². The number of piperazine rings is 2. The number of amides is 1. The molecule has 8 nitrogen and oxygen atoms in total. The lowest BCUT2D eigenvalue weighted by Crippen LogP contribution is -2.49. The van der Waals surface area contributed by atoms with Gasteiger partial charge in [0, 0.05) is 65.5 Å². The van der Waals surface area contributed by atoms with Gasteiger partial charge in [-0.1, -0.05) is 23.7 Å². The Hall–Kier alpha value is -2.42. The van der Waals surface area contributed by atoms with Crippen molar-refractivity contribution >= 4 is 29.1 Å². The first-order valence-corrected chi connectivity index (χ1v) is 12.3. The number of aromatic nitrogens is 2. The smallest absolute Gasteiger partial charge is 0.255 e. The molecule has 1 atom stereocenters. The van der Waals surface area contributed by atoms with E-state index < -0.39 is 0 Å². The summed E-state index contributed by atoms with van der Waals surface area (Å²) in [5, 5.41) is 9.51. The normalized spacial score (nSPS) is 22.1. The Morgan fingerprint density at radius 2 is 1.55 bits per heavy atom. The van der Waals surface area contributed by atoms with E-state index in [4.69, 9.17) is 16.3 Å². The van der Waals surface area contributed by atoms with Crippen LogP contribution in [0.15, 0.2) is 36.4 Å². The molecular formula is C24H31ClN6O2. The van der Waals surface area contributed by atoms with Gasteiger partial charge in [0.25, 0.3) is 5.91 Å². The van der Waals surface area contributed by atoms with Crippen molar-refractivity contribution in [2.45, 2.75) is 18.9 Å². The van der Waals surface area contributed by atoms with Gasteiger partial charge >= 0.3 is 0 Å². The zero-order valence-corrected chi connectivity index (χ0v) is 19.7. The first-order chi connectivity index (χ1) is 16.2. The molecule has 2 aromatic rings. The van der Waals surface area contributed by atoms with Crippen molar-refractivity contribution in [1.82, 2.24) is 20.0 Å². The van der Waals surface area contributed by atoms with Crippen LogP contribution in [0, 0.1) is 0 Å². The summed E-state index contributed by atoms with van der Waals surface area (Å²) in [6, 6.07) is 11.3. The fourth-order valence-corrected chi connectivity index (χ4v) is 5.05. The summed E-state index contributed by atoms with van der Waals surface area (Å²) in [6.45, 7) is 8.68. The van der Waals surface area contributed by atoms with Gasteiger partial charge in [0.1, 0.15) is 0 Å². The summed E-state index contributed by atoms with van der Waals surface area (Å²) in [5.41, 5.74) is 0.563. The molecule has 3 aliphatic rings. The van der Waals surface area contributed by atoms with Crippen LogP contribution in [0.1, 0.15) is 23.2 Å². The molecule has 3 fully saturated rings. The molecule has 1 amide bonds. The van der Waals surface area contributed by atoms with Crippen LogP contribution in [0.2, 0.25) is 5.02 Å². The Morgan fingerprint density at radius 1 is 0.909 bits per heavy atom. The van der Waals surface area contributed by atoms with Gasteiger partial charge in [-0.05, 0) is 37.1 Å².